The fourth-order valence-corrected chi connectivity index (χ4v) is 4.49. The molecule has 0 heterocycles. The van der Waals surface area contributed by atoms with Crippen LogP contribution in [-0.4, -0.2) is 66.5 Å². The summed E-state index contributed by atoms with van der Waals surface area (Å²) in [6, 6.07) is 18.9. The van der Waals surface area contributed by atoms with Crippen LogP contribution in [0.4, 0.5) is 9.59 Å². The minimum Gasteiger partial charge on any atom is -0.444 e. The molecule has 0 saturated heterocycles. The lowest BCUT2D eigenvalue weighted by molar-refractivity contribution is -0.136. The second-order valence-electron chi connectivity index (χ2n) is 12.6. The number of rotatable bonds is 15. The summed E-state index contributed by atoms with van der Waals surface area (Å²) in [4.78, 5) is 43.2. The Hall–Kier alpha value is -3.43. The number of urea groups is 1. The molecule has 2 unspecified atom stereocenters. The lowest BCUT2D eigenvalue weighted by Gasteiger charge is -2.33. The average molecular weight is 598 g/mol. The van der Waals surface area contributed by atoms with Crippen molar-refractivity contribution in [2.75, 3.05) is 26.9 Å². The van der Waals surface area contributed by atoms with Crippen molar-refractivity contribution >= 4 is 18.0 Å². The highest BCUT2D eigenvalue weighted by Crippen LogP contribution is 2.24. The Balaban J connectivity index is 2.18. The van der Waals surface area contributed by atoms with Gasteiger partial charge in [0.25, 0.3) is 0 Å². The molecule has 238 valence electrons. The summed E-state index contributed by atoms with van der Waals surface area (Å²) in [5, 5.41) is 2.90. The summed E-state index contributed by atoms with van der Waals surface area (Å²) in [5.74, 6) is -0.773. The van der Waals surface area contributed by atoms with E-state index < -0.39 is 29.7 Å². The monoisotopic (exact) mass is 597 g/mol. The van der Waals surface area contributed by atoms with E-state index in [1.54, 1.807) is 27.9 Å². The number of benzene rings is 2. The van der Waals surface area contributed by atoms with E-state index in [1.165, 1.54) is 9.80 Å². The quantitative estimate of drug-likeness (QED) is 0.236. The van der Waals surface area contributed by atoms with Gasteiger partial charge >= 0.3 is 12.1 Å². The number of methoxy groups -OCH3 is 1. The Labute approximate surface area is 257 Å². The lowest BCUT2D eigenvalue weighted by Crippen LogP contribution is -2.50. The van der Waals surface area contributed by atoms with Gasteiger partial charge < -0.3 is 19.5 Å². The topological polar surface area (TPSA) is 97.4 Å². The van der Waals surface area contributed by atoms with Gasteiger partial charge in [0, 0.05) is 26.1 Å². The zero-order chi connectivity index (χ0) is 32.0. The molecule has 0 aliphatic carbocycles. The number of amides is 4. The molecule has 43 heavy (non-hydrogen) atoms. The van der Waals surface area contributed by atoms with Crippen LogP contribution in [0.3, 0.4) is 0 Å². The molecule has 0 aromatic heterocycles. The van der Waals surface area contributed by atoms with Crippen LogP contribution in [0.5, 0.6) is 0 Å². The molecule has 2 aromatic carbocycles. The number of ether oxygens (including phenoxy) is 3. The van der Waals surface area contributed by atoms with Crippen molar-refractivity contribution in [1.82, 2.24) is 15.1 Å². The summed E-state index contributed by atoms with van der Waals surface area (Å²) in [6.45, 7) is 14.4. The van der Waals surface area contributed by atoms with Gasteiger partial charge in [-0.1, -0.05) is 88.4 Å². The first-order valence-electron chi connectivity index (χ1n) is 15.1. The maximum atomic E-state index is 13.9. The van der Waals surface area contributed by atoms with Crippen LogP contribution in [0, 0.1) is 17.8 Å². The van der Waals surface area contributed by atoms with Gasteiger partial charge in [-0.05, 0) is 50.2 Å². The second kappa shape index (κ2) is 17.6. The zero-order valence-corrected chi connectivity index (χ0v) is 27.2. The summed E-state index contributed by atoms with van der Waals surface area (Å²) >= 11 is 0. The van der Waals surface area contributed by atoms with Crippen molar-refractivity contribution < 1.29 is 28.6 Å². The molecule has 0 bridgehead atoms. The molecule has 0 aliphatic rings. The standard InChI is InChI=1S/C34H51N3O6/c1-25(2)21-37(32(39)35-20-27-15-11-9-12-16-27)31(38)30(26(3)4)19-29(41-8)22-36(33(40)43-34(5,6)7)24-42-23-28-17-13-10-14-18-28/h9-18,25-26,29-30H,19-24H2,1-8H3,(H,35,39). The van der Waals surface area contributed by atoms with Crippen molar-refractivity contribution in [3.05, 3.63) is 71.8 Å². The third-order valence-electron chi connectivity index (χ3n) is 6.75. The fraction of sp³-hybridized carbons (Fsp3) is 0.559. The Morgan fingerprint density at radius 2 is 1.44 bits per heavy atom. The van der Waals surface area contributed by atoms with Gasteiger partial charge in [-0.2, -0.15) is 0 Å². The molecule has 4 amide bonds. The van der Waals surface area contributed by atoms with Crippen LogP contribution in [0.1, 0.15) is 66.0 Å². The summed E-state index contributed by atoms with van der Waals surface area (Å²) < 4.78 is 17.3. The van der Waals surface area contributed by atoms with E-state index >= 15 is 0 Å². The molecule has 2 aromatic rings. The van der Waals surface area contributed by atoms with Crippen molar-refractivity contribution in [3.63, 3.8) is 0 Å². The number of nitrogens with one attached hydrogen (secondary N) is 1. The molecule has 2 rings (SSSR count). The van der Waals surface area contributed by atoms with Crippen molar-refractivity contribution in [2.24, 2.45) is 17.8 Å². The smallest absolute Gasteiger partial charge is 0.412 e. The minimum absolute atomic E-state index is 0.00861. The van der Waals surface area contributed by atoms with E-state index in [2.05, 4.69) is 5.32 Å². The van der Waals surface area contributed by atoms with Crippen LogP contribution in [-0.2, 0) is 32.2 Å². The molecule has 2 atom stereocenters. The van der Waals surface area contributed by atoms with Gasteiger partial charge in [0.2, 0.25) is 5.91 Å². The van der Waals surface area contributed by atoms with Crippen LogP contribution in [0.2, 0.25) is 0 Å². The Morgan fingerprint density at radius 1 is 0.860 bits per heavy atom. The second-order valence-corrected chi connectivity index (χ2v) is 12.6. The highest BCUT2D eigenvalue weighted by atomic mass is 16.6. The van der Waals surface area contributed by atoms with E-state index in [4.69, 9.17) is 14.2 Å². The van der Waals surface area contributed by atoms with Gasteiger partial charge in [-0.15, -0.1) is 0 Å². The molecule has 0 aliphatic heterocycles. The molecule has 0 saturated carbocycles. The Morgan fingerprint density at radius 3 is 1.95 bits per heavy atom. The number of carbonyl (C=O) groups is 3. The predicted molar refractivity (Wildman–Crippen MR) is 168 cm³/mol. The average Bonchev–Trinajstić information content (AvgIpc) is 2.95. The molecule has 9 nitrogen and oxygen atoms in total. The molecule has 1 N–H and O–H groups in total. The Bertz CT molecular complexity index is 1120. The number of hydrogen-bond acceptors (Lipinski definition) is 6. The van der Waals surface area contributed by atoms with Crippen LogP contribution in [0.15, 0.2) is 60.7 Å². The third kappa shape index (κ3) is 13.2. The van der Waals surface area contributed by atoms with E-state index in [0.29, 0.717) is 19.6 Å². The summed E-state index contributed by atoms with van der Waals surface area (Å²) in [6.07, 6.45) is -0.722. The van der Waals surface area contributed by atoms with Crippen molar-refractivity contribution in [1.29, 1.82) is 0 Å². The zero-order valence-electron chi connectivity index (χ0n) is 27.2. The number of hydrogen-bond donors (Lipinski definition) is 1. The van der Waals surface area contributed by atoms with Gasteiger partial charge in [-0.25, -0.2) is 9.59 Å². The van der Waals surface area contributed by atoms with E-state index in [1.807, 2.05) is 88.4 Å². The van der Waals surface area contributed by atoms with Gasteiger partial charge in [-0.3, -0.25) is 14.6 Å². The first-order chi connectivity index (χ1) is 20.3. The largest absolute Gasteiger partial charge is 0.444 e. The Kier molecular flexibility index (Phi) is 14.7. The maximum Gasteiger partial charge on any atom is 0.412 e. The fourth-order valence-electron chi connectivity index (χ4n) is 4.49. The predicted octanol–water partition coefficient (Wildman–Crippen LogP) is 6.47. The molecule has 0 fully saturated rings. The molecule has 0 spiro atoms. The third-order valence-corrected chi connectivity index (χ3v) is 6.75. The normalized spacial score (nSPS) is 13.0. The van der Waals surface area contributed by atoms with E-state index in [9.17, 15) is 14.4 Å². The van der Waals surface area contributed by atoms with Gasteiger partial charge in [0.05, 0.1) is 19.3 Å². The van der Waals surface area contributed by atoms with Crippen LogP contribution >= 0.6 is 0 Å². The highest BCUT2D eigenvalue weighted by Gasteiger charge is 2.34. The first-order valence-corrected chi connectivity index (χ1v) is 15.1. The van der Waals surface area contributed by atoms with E-state index in [0.717, 1.165) is 11.1 Å². The number of imide groups is 1. The van der Waals surface area contributed by atoms with Crippen LogP contribution < -0.4 is 5.32 Å². The molecular weight excluding hydrogens is 546 g/mol. The van der Waals surface area contributed by atoms with Crippen molar-refractivity contribution in [3.8, 4) is 0 Å². The summed E-state index contributed by atoms with van der Waals surface area (Å²) in [5.41, 5.74) is 1.23. The number of carbonyl (C=O) groups excluding carboxylic acids is 3. The van der Waals surface area contributed by atoms with E-state index in [-0.39, 0.29) is 37.6 Å². The maximum absolute atomic E-state index is 13.9. The lowest BCUT2D eigenvalue weighted by atomic mass is 9.88. The molecule has 9 heteroatoms. The first kappa shape index (κ1) is 35.8. The minimum atomic E-state index is -0.696. The van der Waals surface area contributed by atoms with Gasteiger partial charge in [0.15, 0.2) is 0 Å². The number of nitrogens with zero attached hydrogens (tertiary/aromatic N) is 2. The SMILES string of the molecule is COC(CC(C(=O)N(CC(C)C)C(=O)NCc1ccccc1)C(C)C)CN(COCc1ccccc1)C(=O)OC(C)(C)C. The molecular formula is C34H51N3O6. The summed E-state index contributed by atoms with van der Waals surface area (Å²) in [7, 11) is 1.56. The van der Waals surface area contributed by atoms with Gasteiger partial charge in [0.1, 0.15) is 12.3 Å². The van der Waals surface area contributed by atoms with Crippen LogP contribution in [0.25, 0.3) is 0 Å². The molecule has 0 radical (unpaired) electrons. The highest BCUT2D eigenvalue weighted by molar-refractivity contribution is 5.95. The van der Waals surface area contributed by atoms with Crippen molar-refractivity contribution in [2.45, 2.75) is 79.7 Å².